The van der Waals surface area contributed by atoms with Crippen LogP contribution in [0.5, 0.6) is 11.5 Å². The molecule has 26 heavy (non-hydrogen) atoms. The monoisotopic (exact) mass is 351 g/mol. The third-order valence-corrected chi connectivity index (χ3v) is 4.67. The van der Waals surface area contributed by atoms with Crippen LogP contribution in [0, 0.1) is 0 Å². The predicted molar refractivity (Wildman–Crippen MR) is 103 cm³/mol. The van der Waals surface area contributed by atoms with Gasteiger partial charge in [0.05, 0.1) is 13.2 Å². The molecule has 0 bridgehead atoms. The summed E-state index contributed by atoms with van der Waals surface area (Å²) in [5.41, 5.74) is 3.63. The second-order valence-electron chi connectivity index (χ2n) is 6.48. The SMILES string of the molecule is C=CCc1ccc(OCC(=O)NC2CCCc3ccccc32)c(OC)c1. The maximum atomic E-state index is 12.4. The number of allylic oxidation sites excluding steroid dienone is 1. The summed E-state index contributed by atoms with van der Waals surface area (Å²) in [6, 6.07) is 14.1. The van der Waals surface area contributed by atoms with Crippen molar-refractivity contribution in [1.29, 1.82) is 0 Å². The Morgan fingerprint density at radius 3 is 2.92 bits per heavy atom. The average molecular weight is 351 g/mol. The van der Waals surface area contributed by atoms with E-state index in [0.29, 0.717) is 11.5 Å². The number of carbonyl (C=O) groups excluding carboxylic acids is 1. The van der Waals surface area contributed by atoms with Crippen molar-refractivity contribution in [2.24, 2.45) is 0 Å². The average Bonchev–Trinajstić information content (AvgIpc) is 2.67. The molecule has 1 atom stereocenters. The highest BCUT2D eigenvalue weighted by molar-refractivity contribution is 5.78. The first-order chi connectivity index (χ1) is 12.7. The number of methoxy groups -OCH3 is 1. The Morgan fingerprint density at radius 2 is 2.12 bits per heavy atom. The number of hydrogen-bond donors (Lipinski definition) is 1. The zero-order valence-corrected chi connectivity index (χ0v) is 15.2. The molecule has 0 radical (unpaired) electrons. The Balaban J connectivity index is 1.61. The van der Waals surface area contributed by atoms with Crippen molar-refractivity contribution in [2.45, 2.75) is 31.7 Å². The Morgan fingerprint density at radius 1 is 1.27 bits per heavy atom. The highest BCUT2D eigenvalue weighted by atomic mass is 16.5. The van der Waals surface area contributed by atoms with Gasteiger partial charge in [-0.15, -0.1) is 6.58 Å². The number of rotatable bonds is 7. The number of hydrogen-bond acceptors (Lipinski definition) is 3. The minimum atomic E-state index is -0.121. The molecule has 0 saturated heterocycles. The molecular formula is C22H25NO3. The maximum Gasteiger partial charge on any atom is 0.258 e. The van der Waals surface area contributed by atoms with E-state index in [9.17, 15) is 4.79 Å². The molecule has 0 fully saturated rings. The molecule has 0 aromatic heterocycles. The molecule has 1 aliphatic rings. The summed E-state index contributed by atoms with van der Waals surface area (Å²) >= 11 is 0. The number of ether oxygens (including phenoxy) is 2. The van der Waals surface area contributed by atoms with Crippen LogP contribution in [-0.4, -0.2) is 19.6 Å². The Kier molecular flexibility index (Phi) is 5.95. The van der Waals surface area contributed by atoms with Crippen LogP contribution in [0.25, 0.3) is 0 Å². The van der Waals surface area contributed by atoms with Gasteiger partial charge >= 0.3 is 0 Å². The molecule has 4 nitrogen and oxygen atoms in total. The fourth-order valence-electron chi connectivity index (χ4n) is 3.41. The van der Waals surface area contributed by atoms with Crippen LogP contribution >= 0.6 is 0 Å². The molecule has 3 rings (SSSR count). The van der Waals surface area contributed by atoms with Crippen LogP contribution in [0.1, 0.15) is 35.6 Å². The van der Waals surface area contributed by atoms with E-state index in [2.05, 4.69) is 30.1 Å². The molecule has 1 aliphatic carbocycles. The number of carbonyl (C=O) groups is 1. The molecule has 0 spiro atoms. The Hall–Kier alpha value is -2.75. The van der Waals surface area contributed by atoms with Gasteiger partial charge in [-0.2, -0.15) is 0 Å². The number of amides is 1. The van der Waals surface area contributed by atoms with Crippen LogP contribution in [0.4, 0.5) is 0 Å². The largest absolute Gasteiger partial charge is 0.493 e. The molecular weight excluding hydrogens is 326 g/mol. The van der Waals surface area contributed by atoms with Crippen molar-refractivity contribution in [2.75, 3.05) is 13.7 Å². The summed E-state index contributed by atoms with van der Waals surface area (Å²) in [6.45, 7) is 3.71. The molecule has 2 aromatic rings. The molecule has 2 aromatic carbocycles. The quantitative estimate of drug-likeness (QED) is 0.767. The van der Waals surface area contributed by atoms with E-state index in [1.807, 2.05) is 30.3 Å². The first-order valence-corrected chi connectivity index (χ1v) is 8.99. The first-order valence-electron chi connectivity index (χ1n) is 8.99. The second kappa shape index (κ2) is 8.56. The second-order valence-corrected chi connectivity index (χ2v) is 6.48. The van der Waals surface area contributed by atoms with E-state index < -0.39 is 0 Å². The third-order valence-electron chi connectivity index (χ3n) is 4.67. The third kappa shape index (κ3) is 4.26. The lowest BCUT2D eigenvalue weighted by molar-refractivity contribution is -0.124. The summed E-state index contributed by atoms with van der Waals surface area (Å²) in [6.07, 6.45) is 5.72. The number of benzene rings is 2. The molecule has 0 heterocycles. The lowest BCUT2D eigenvalue weighted by Gasteiger charge is -2.26. The highest BCUT2D eigenvalue weighted by Crippen LogP contribution is 2.30. The summed E-state index contributed by atoms with van der Waals surface area (Å²) in [4.78, 5) is 12.4. The lowest BCUT2D eigenvalue weighted by Crippen LogP contribution is -2.34. The van der Waals surface area contributed by atoms with E-state index >= 15 is 0 Å². The van der Waals surface area contributed by atoms with E-state index in [-0.39, 0.29) is 18.6 Å². The standard InChI is InChI=1S/C22H25NO3/c1-3-7-16-12-13-20(21(14-16)25-2)26-15-22(24)23-19-11-6-9-17-8-4-5-10-18(17)19/h3-5,8,10,12-14,19H,1,6-7,9,11,15H2,2H3,(H,23,24). The van der Waals surface area contributed by atoms with E-state index in [1.54, 1.807) is 7.11 Å². The first kappa shape index (κ1) is 18.1. The van der Waals surface area contributed by atoms with Crippen LogP contribution in [0.15, 0.2) is 55.1 Å². The van der Waals surface area contributed by atoms with Crippen molar-refractivity contribution >= 4 is 5.91 Å². The van der Waals surface area contributed by atoms with Crippen molar-refractivity contribution in [3.63, 3.8) is 0 Å². The highest BCUT2D eigenvalue weighted by Gasteiger charge is 2.21. The fraction of sp³-hybridized carbons (Fsp3) is 0.318. The minimum absolute atomic E-state index is 0.0319. The molecule has 0 aliphatic heterocycles. The van der Waals surface area contributed by atoms with Gasteiger partial charge in [-0.3, -0.25) is 4.79 Å². The van der Waals surface area contributed by atoms with Crippen molar-refractivity contribution < 1.29 is 14.3 Å². The van der Waals surface area contributed by atoms with Gasteiger partial charge in [0.15, 0.2) is 18.1 Å². The number of nitrogens with one attached hydrogen (secondary N) is 1. The van der Waals surface area contributed by atoms with Gasteiger partial charge in [0.2, 0.25) is 0 Å². The van der Waals surface area contributed by atoms with E-state index in [4.69, 9.17) is 9.47 Å². The topological polar surface area (TPSA) is 47.6 Å². The molecule has 1 N–H and O–H groups in total. The molecule has 0 saturated carbocycles. The summed E-state index contributed by atoms with van der Waals surface area (Å²) < 4.78 is 11.1. The van der Waals surface area contributed by atoms with Gasteiger partial charge < -0.3 is 14.8 Å². The Bertz CT molecular complexity index is 785. The summed E-state index contributed by atoms with van der Waals surface area (Å²) in [5.74, 6) is 1.07. The molecule has 1 unspecified atom stereocenters. The molecule has 136 valence electrons. The van der Waals surface area contributed by atoms with Gasteiger partial charge in [-0.05, 0) is 54.5 Å². The maximum absolute atomic E-state index is 12.4. The van der Waals surface area contributed by atoms with Crippen molar-refractivity contribution in [1.82, 2.24) is 5.32 Å². The Labute approximate surface area is 154 Å². The number of fused-ring (bicyclic) bond motifs is 1. The zero-order chi connectivity index (χ0) is 18.4. The fourth-order valence-corrected chi connectivity index (χ4v) is 3.41. The van der Waals surface area contributed by atoms with Gasteiger partial charge in [0.1, 0.15) is 0 Å². The van der Waals surface area contributed by atoms with Gasteiger partial charge in [0.25, 0.3) is 5.91 Å². The normalized spacial score (nSPS) is 15.7. The molecule has 4 heteroatoms. The van der Waals surface area contributed by atoms with Crippen molar-refractivity contribution in [3.8, 4) is 11.5 Å². The molecule has 1 amide bonds. The predicted octanol–water partition coefficient (Wildman–Crippen LogP) is 4.00. The van der Waals surface area contributed by atoms with Crippen LogP contribution in [0.2, 0.25) is 0 Å². The van der Waals surface area contributed by atoms with Crippen LogP contribution in [0.3, 0.4) is 0 Å². The smallest absolute Gasteiger partial charge is 0.258 e. The van der Waals surface area contributed by atoms with Gasteiger partial charge in [-0.25, -0.2) is 0 Å². The van der Waals surface area contributed by atoms with Crippen LogP contribution < -0.4 is 14.8 Å². The summed E-state index contributed by atoms with van der Waals surface area (Å²) in [5, 5.41) is 3.10. The zero-order valence-electron chi connectivity index (χ0n) is 15.2. The van der Waals surface area contributed by atoms with E-state index in [0.717, 1.165) is 31.2 Å². The summed E-state index contributed by atoms with van der Waals surface area (Å²) in [7, 11) is 1.60. The van der Waals surface area contributed by atoms with Crippen molar-refractivity contribution in [3.05, 3.63) is 71.8 Å². The van der Waals surface area contributed by atoms with Gasteiger partial charge in [-0.1, -0.05) is 36.4 Å². The minimum Gasteiger partial charge on any atom is -0.493 e. The van der Waals surface area contributed by atoms with Crippen LogP contribution in [-0.2, 0) is 17.6 Å². The van der Waals surface area contributed by atoms with E-state index in [1.165, 1.54) is 11.1 Å². The number of aryl methyl sites for hydroxylation is 1. The lowest BCUT2D eigenvalue weighted by atomic mass is 9.88. The van der Waals surface area contributed by atoms with Gasteiger partial charge in [0, 0.05) is 0 Å².